The van der Waals surface area contributed by atoms with Crippen LogP contribution in [-0.2, 0) is 0 Å². The molecule has 5 heteroatoms. The minimum absolute atomic E-state index is 0.171. The minimum atomic E-state index is -0.880. The van der Waals surface area contributed by atoms with Crippen molar-refractivity contribution in [3.05, 3.63) is 58.5 Å². The molecule has 0 saturated carbocycles. The highest BCUT2D eigenvalue weighted by molar-refractivity contribution is 6.29. The molecule has 1 atom stereocenters. The van der Waals surface area contributed by atoms with Gasteiger partial charge in [-0.15, -0.1) is 0 Å². The predicted octanol–water partition coefficient (Wildman–Crippen LogP) is 3.91. The van der Waals surface area contributed by atoms with E-state index in [1.54, 1.807) is 6.07 Å². The van der Waals surface area contributed by atoms with E-state index in [0.717, 1.165) is 6.07 Å². The topological polar surface area (TPSA) is 25.2 Å². The summed E-state index contributed by atoms with van der Waals surface area (Å²) in [4.78, 5) is 0. The number of furan rings is 1. The van der Waals surface area contributed by atoms with Crippen molar-refractivity contribution in [3.8, 4) is 0 Å². The van der Waals surface area contributed by atoms with Crippen molar-refractivity contribution in [1.29, 1.82) is 0 Å². The number of rotatable bonds is 4. The van der Waals surface area contributed by atoms with Crippen LogP contribution >= 0.6 is 11.6 Å². The summed E-state index contributed by atoms with van der Waals surface area (Å²) >= 11 is 5.89. The molecule has 1 heterocycles. The molecule has 0 saturated heterocycles. The van der Waals surface area contributed by atoms with Crippen molar-refractivity contribution in [2.75, 3.05) is 6.54 Å². The van der Waals surface area contributed by atoms with Gasteiger partial charge in [0.15, 0.2) is 16.9 Å². The molecule has 2 rings (SSSR count). The van der Waals surface area contributed by atoms with Crippen LogP contribution in [0.15, 0.2) is 34.9 Å². The van der Waals surface area contributed by atoms with Gasteiger partial charge < -0.3 is 9.73 Å². The lowest BCUT2D eigenvalue weighted by Crippen LogP contribution is -2.23. The van der Waals surface area contributed by atoms with E-state index in [0.29, 0.717) is 12.1 Å². The van der Waals surface area contributed by atoms with E-state index in [1.807, 2.05) is 6.92 Å². The normalized spacial score (nSPS) is 12.7. The summed E-state index contributed by atoms with van der Waals surface area (Å²) in [5.41, 5.74) is 0.795. The number of nitrogens with one attached hydrogen (secondary N) is 1. The highest BCUT2D eigenvalue weighted by Crippen LogP contribution is 2.31. The first kappa shape index (κ1) is 13.1. The van der Waals surface area contributed by atoms with Crippen LogP contribution in [-0.4, -0.2) is 6.54 Å². The molecule has 0 aliphatic rings. The monoisotopic (exact) mass is 271 g/mol. The molecule has 0 bridgehead atoms. The molecule has 18 heavy (non-hydrogen) atoms. The van der Waals surface area contributed by atoms with Crippen LogP contribution in [0.25, 0.3) is 0 Å². The second-order valence-corrected chi connectivity index (χ2v) is 4.13. The Morgan fingerprint density at radius 3 is 2.67 bits per heavy atom. The van der Waals surface area contributed by atoms with Gasteiger partial charge in [-0.2, -0.15) is 0 Å². The van der Waals surface area contributed by atoms with Gasteiger partial charge in [0.2, 0.25) is 0 Å². The molecular formula is C13H12ClF2NO. The Kier molecular flexibility index (Phi) is 3.99. The maximum absolute atomic E-state index is 13.8. The van der Waals surface area contributed by atoms with Crippen molar-refractivity contribution in [2.24, 2.45) is 0 Å². The second kappa shape index (κ2) is 5.50. The molecule has 0 spiro atoms. The number of hydrogen-bond acceptors (Lipinski definition) is 2. The van der Waals surface area contributed by atoms with Gasteiger partial charge in [-0.3, -0.25) is 0 Å². The molecule has 0 amide bonds. The zero-order chi connectivity index (χ0) is 13.1. The van der Waals surface area contributed by atoms with Crippen LogP contribution < -0.4 is 5.32 Å². The molecule has 96 valence electrons. The summed E-state index contributed by atoms with van der Waals surface area (Å²) in [6.07, 6.45) is 1.42. The van der Waals surface area contributed by atoms with Gasteiger partial charge in [-0.05, 0) is 30.3 Å². The Morgan fingerprint density at radius 2 is 2.06 bits per heavy atom. The van der Waals surface area contributed by atoms with E-state index >= 15 is 0 Å². The fraction of sp³-hybridized carbons (Fsp3) is 0.231. The first-order valence-corrected chi connectivity index (χ1v) is 5.93. The molecule has 2 nitrogen and oxygen atoms in total. The third-order valence-corrected chi connectivity index (χ3v) is 2.97. The zero-order valence-corrected chi connectivity index (χ0v) is 10.5. The number of benzene rings is 1. The van der Waals surface area contributed by atoms with E-state index < -0.39 is 17.7 Å². The molecule has 1 unspecified atom stereocenters. The smallest absolute Gasteiger partial charge is 0.198 e. The van der Waals surface area contributed by atoms with Crippen LogP contribution in [0.3, 0.4) is 0 Å². The highest BCUT2D eigenvalue weighted by Gasteiger charge is 2.22. The van der Waals surface area contributed by atoms with Crippen molar-refractivity contribution < 1.29 is 13.2 Å². The highest BCUT2D eigenvalue weighted by atomic mass is 35.5. The van der Waals surface area contributed by atoms with Gasteiger partial charge in [-0.1, -0.05) is 19.1 Å². The van der Waals surface area contributed by atoms with Gasteiger partial charge in [-0.25, -0.2) is 8.78 Å². The maximum atomic E-state index is 13.8. The summed E-state index contributed by atoms with van der Waals surface area (Å²) in [5.74, 6) is -1.75. The first-order chi connectivity index (χ1) is 8.65. The summed E-state index contributed by atoms with van der Waals surface area (Å²) < 4.78 is 32.1. The van der Waals surface area contributed by atoms with Gasteiger partial charge in [0.25, 0.3) is 0 Å². The first-order valence-electron chi connectivity index (χ1n) is 5.55. The molecule has 2 aromatic rings. The SMILES string of the molecule is CCNC(c1ccoc1Cl)c1cccc(F)c1F. The summed E-state index contributed by atoms with van der Waals surface area (Å²) in [7, 11) is 0. The van der Waals surface area contributed by atoms with E-state index in [-0.39, 0.29) is 10.8 Å². The van der Waals surface area contributed by atoms with E-state index in [1.165, 1.54) is 18.4 Å². The lowest BCUT2D eigenvalue weighted by molar-refractivity contribution is 0.481. The van der Waals surface area contributed by atoms with Crippen molar-refractivity contribution in [1.82, 2.24) is 5.32 Å². The maximum Gasteiger partial charge on any atom is 0.198 e. The predicted molar refractivity (Wildman–Crippen MR) is 65.6 cm³/mol. The standard InChI is InChI=1S/C13H12ClF2NO/c1-2-17-12(9-6-7-18-13(9)14)8-4-3-5-10(15)11(8)16/h3-7,12,17H,2H2,1H3. The van der Waals surface area contributed by atoms with E-state index in [9.17, 15) is 8.78 Å². The summed E-state index contributed by atoms with van der Waals surface area (Å²) in [5, 5.41) is 3.23. The van der Waals surface area contributed by atoms with Crippen LogP contribution in [0.1, 0.15) is 24.1 Å². The fourth-order valence-corrected chi connectivity index (χ4v) is 2.07. The largest absolute Gasteiger partial charge is 0.453 e. The van der Waals surface area contributed by atoms with Crippen LogP contribution in [0, 0.1) is 11.6 Å². The molecular weight excluding hydrogens is 260 g/mol. The molecule has 0 aliphatic heterocycles. The van der Waals surface area contributed by atoms with Gasteiger partial charge >= 0.3 is 0 Å². The molecule has 1 aromatic heterocycles. The zero-order valence-electron chi connectivity index (χ0n) is 9.71. The summed E-state index contributed by atoms with van der Waals surface area (Å²) in [6, 6.07) is 5.18. The Hall–Kier alpha value is -1.39. The fourth-order valence-electron chi connectivity index (χ4n) is 1.85. The van der Waals surface area contributed by atoms with Gasteiger partial charge in [0.1, 0.15) is 0 Å². The Morgan fingerprint density at radius 1 is 1.28 bits per heavy atom. The average molecular weight is 272 g/mol. The molecule has 1 N–H and O–H groups in total. The summed E-state index contributed by atoms with van der Waals surface area (Å²) in [6.45, 7) is 2.46. The number of hydrogen-bond donors (Lipinski definition) is 1. The van der Waals surface area contributed by atoms with Gasteiger partial charge in [0.05, 0.1) is 12.3 Å². The molecule has 0 fully saturated rings. The molecule has 0 radical (unpaired) electrons. The van der Waals surface area contributed by atoms with Crippen molar-refractivity contribution in [3.63, 3.8) is 0 Å². The third-order valence-electron chi connectivity index (χ3n) is 2.66. The van der Waals surface area contributed by atoms with Crippen LogP contribution in [0.2, 0.25) is 5.22 Å². The second-order valence-electron chi connectivity index (χ2n) is 3.78. The third kappa shape index (κ3) is 2.40. The van der Waals surface area contributed by atoms with Crippen molar-refractivity contribution >= 4 is 11.6 Å². The van der Waals surface area contributed by atoms with Gasteiger partial charge in [0, 0.05) is 11.1 Å². The number of halogens is 3. The Balaban J connectivity index is 2.48. The lowest BCUT2D eigenvalue weighted by atomic mass is 10.0. The minimum Gasteiger partial charge on any atom is -0.453 e. The van der Waals surface area contributed by atoms with Crippen LogP contribution in [0.4, 0.5) is 8.78 Å². The molecule has 1 aromatic carbocycles. The quantitative estimate of drug-likeness (QED) is 0.912. The van der Waals surface area contributed by atoms with Crippen molar-refractivity contribution in [2.45, 2.75) is 13.0 Å². The average Bonchev–Trinajstić information content (AvgIpc) is 2.76. The van der Waals surface area contributed by atoms with E-state index in [4.69, 9.17) is 16.0 Å². The Bertz CT molecular complexity index is 542. The lowest BCUT2D eigenvalue weighted by Gasteiger charge is -2.18. The molecule has 0 aliphatic carbocycles. The Labute approximate surface area is 109 Å². The van der Waals surface area contributed by atoms with Crippen LogP contribution in [0.5, 0.6) is 0 Å². The van der Waals surface area contributed by atoms with E-state index in [2.05, 4.69) is 5.32 Å².